The predicted octanol–water partition coefficient (Wildman–Crippen LogP) is -5.33. The van der Waals surface area contributed by atoms with Crippen molar-refractivity contribution in [2.45, 2.75) is 36.6 Å². The Morgan fingerprint density at radius 1 is 0.889 bits per heavy atom. The number of carbonyl (C=O) groups is 1. The summed E-state index contributed by atoms with van der Waals surface area (Å²) in [4.78, 5) is 10.9. The Balaban J connectivity index is 4.62. The quantitative estimate of drug-likeness (QED) is 0.213. The van der Waals surface area contributed by atoms with Crippen molar-refractivity contribution in [1.82, 2.24) is 0 Å². The fourth-order valence-electron chi connectivity index (χ4n) is 1.24. The molecule has 0 heterocycles. The van der Waals surface area contributed by atoms with Gasteiger partial charge >= 0.3 is 0 Å². The van der Waals surface area contributed by atoms with Crippen LogP contribution in [0.2, 0.25) is 0 Å². The highest BCUT2D eigenvalue weighted by molar-refractivity contribution is 5.84. The largest absolute Gasteiger partial charge is 0.389 e. The van der Waals surface area contributed by atoms with E-state index in [0.29, 0.717) is 0 Å². The summed E-state index contributed by atoms with van der Waals surface area (Å²) in [5.41, 5.74) is 5.01. The molecule has 0 amide bonds. The zero-order valence-electron chi connectivity index (χ0n) is 9.49. The summed E-state index contributed by atoms with van der Waals surface area (Å²) in [6, 6.07) is 0. The molecule has 0 aliphatic rings. The van der Waals surface area contributed by atoms with Crippen LogP contribution in [-0.4, -0.2) is 91.3 Å². The topological polar surface area (TPSA) is 185 Å². The molecule has 0 saturated heterocycles. The Labute approximate surface area is 103 Å². The van der Waals surface area contributed by atoms with Crippen LogP contribution in [0.15, 0.2) is 0 Å². The number of rotatable bonds is 8. The number of carbonyl (C=O) groups excluding carboxylic acids is 1. The van der Waals surface area contributed by atoms with Crippen molar-refractivity contribution in [1.29, 1.82) is 0 Å². The first-order chi connectivity index (χ1) is 8.27. The third-order valence-corrected chi connectivity index (χ3v) is 2.49. The van der Waals surface area contributed by atoms with E-state index < -0.39 is 55.6 Å². The Morgan fingerprint density at radius 3 is 1.72 bits per heavy atom. The first kappa shape index (κ1) is 17.4. The second kappa shape index (κ2) is 7.71. The molecule has 9 heteroatoms. The molecule has 0 aromatic heterocycles. The van der Waals surface area contributed by atoms with E-state index in [1.54, 1.807) is 0 Å². The Hall–Kier alpha value is -0.650. The van der Waals surface area contributed by atoms with E-state index in [1.165, 1.54) is 0 Å². The lowest BCUT2D eigenvalue weighted by Gasteiger charge is -2.30. The number of aliphatic hydroxyl groups excluding tert-OH is 7. The third kappa shape index (κ3) is 4.23. The summed E-state index contributed by atoms with van der Waals surface area (Å²) < 4.78 is 0. The van der Waals surface area contributed by atoms with Crippen LogP contribution in [0.25, 0.3) is 0 Å². The van der Waals surface area contributed by atoms with E-state index >= 15 is 0 Å². The van der Waals surface area contributed by atoms with Crippen LogP contribution >= 0.6 is 0 Å². The molecule has 0 aliphatic heterocycles. The Bertz CT molecular complexity index is 263. The van der Waals surface area contributed by atoms with Gasteiger partial charge < -0.3 is 41.5 Å². The van der Waals surface area contributed by atoms with Crippen molar-refractivity contribution in [3.05, 3.63) is 0 Å². The minimum Gasteiger partial charge on any atom is -0.389 e. The number of hydrogen-bond donors (Lipinski definition) is 8. The van der Waals surface area contributed by atoms with Crippen molar-refractivity contribution in [2.24, 2.45) is 5.73 Å². The summed E-state index contributed by atoms with van der Waals surface area (Å²) in [5.74, 6) is -1.16. The molecule has 0 bridgehead atoms. The van der Waals surface area contributed by atoms with Gasteiger partial charge in [-0.2, -0.15) is 0 Å². The highest BCUT2D eigenvalue weighted by Gasteiger charge is 2.38. The lowest BCUT2D eigenvalue weighted by atomic mass is 9.95. The number of aliphatic hydroxyl groups is 7. The van der Waals surface area contributed by atoms with Crippen LogP contribution in [0.3, 0.4) is 0 Å². The predicted molar refractivity (Wildman–Crippen MR) is 57.2 cm³/mol. The number of ketones is 1. The Kier molecular flexibility index (Phi) is 7.43. The van der Waals surface area contributed by atoms with Gasteiger partial charge in [0.05, 0.1) is 6.10 Å². The van der Waals surface area contributed by atoms with Gasteiger partial charge in [0, 0.05) is 6.54 Å². The molecule has 0 spiro atoms. The molecular weight excluding hydrogens is 250 g/mol. The summed E-state index contributed by atoms with van der Waals surface area (Å²) in [6.07, 6.45) is -11.8. The Morgan fingerprint density at radius 2 is 1.33 bits per heavy atom. The van der Waals surface area contributed by atoms with Crippen molar-refractivity contribution < 1.29 is 40.5 Å². The molecule has 9 nitrogen and oxygen atoms in total. The van der Waals surface area contributed by atoms with E-state index in [4.69, 9.17) is 15.9 Å². The van der Waals surface area contributed by atoms with Crippen LogP contribution in [0.4, 0.5) is 0 Å². The summed E-state index contributed by atoms with van der Waals surface area (Å²) in [5, 5.41) is 64.2. The molecule has 6 atom stereocenters. The second-order valence-electron chi connectivity index (χ2n) is 3.83. The van der Waals surface area contributed by atoms with Gasteiger partial charge in [-0.25, -0.2) is 0 Å². The fourth-order valence-corrected chi connectivity index (χ4v) is 1.24. The van der Waals surface area contributed by atoms with Crippen molar-refractivity contribution in [3.63, 3.8) is 0 Å². The average Bonchev–Trinajstić information content (AvgIpc) is 2.40. The van der Waals surface area contributed by atoms with Gasteiger partial charge in [0.25, 0.3) is 0 Å². The molecule has 0 aromatic rings. The van der Waals surface area contributed by atoms with Gasteiger partial charge in [-0.15, -0.1) is 0 Å². The van der Waals surface area contributed by atoms with Crippen LogP contribution in [0.5, 0.6) is 0 Å². The zero-order valence-corrected chi connectivity index (χ0v) is 9.49. The maximum absolute atomic E-state index is 10.9. The molecule has 0 aromatic carbocycles. The number of nitrogens with two attached hydrogens (primary N) is 1. The lowest BCUT2D eigenvalue weighted by molar-refractivity contribution is -0.162. The molecule has 0 saturated carbocycles. The fraction of sp³-hybridized carbons (Fsp3) is 0.889. The first-order valence-corrected chi connectivity index (χ1v) is 5.19. The van der Waals surface area contributed by atoms with Gasteiger partial charge in [-0.1, -0.05) is 0 Å². The second-order valence-corrected chi connectivity index (χ2v) is 3.83. The van der Waals surface area contributed by atoms with E-state index in [2.05, 4.69) is 0 Å². The molecule has 0 unspecified atom stereocenters. The molecule has 9 N–H and O–H groups in total. The maximum Gasteiger partial charge on any atom is 0.189 e. The van der Waals surface area contributed by atoms with Crippen LogP contribution in [0, 0.1) is 0 Å². The monoisotopic (exact) mass is 269 g/mol. The van der Waals surface area contributed by atoms with Gasteiger partial charge in [0.1, 0.15) is 37.1 Å². The molecule has 0 rings (SSSR count). The molecular formula is C9H19NO8. The number of hydrogen-bond acceptors (Lipinski definition) is 9. The normalized spacial score (nSPS) is 21.8. The van der Waals surface area contributed by atoms with Crippen LogP contribution in [0.1, 0.15) is 0 Å². The number of Topliss-reactive ketones (excluding diaryl/α,β-unsaturated/α-hetero) is 1. The van der Waals surface area contributed by atoms with E-state index in [0.717, 1.165) is 0 Å². The van der Waals surface area contributed by atoms with Crippen LogP contribution in [-0.2, 0) is 4.79 Å². The highest BCUT2D eigenvalue weighted by Crippen LogP contribution is 2.11. The van der Waals surface area contributed by atoms with Crippen molar-refractivity contribution >= 4 is 5.78 Å². The SMILES string of the molecule is NC[C@@H](O)[C@@H](O)[C@@H](O)[C@H](O)[C@H](O)[C@@H](O)C(=O)CO. The van der Waals surface area contributed by atoms with Crippen molar-refractivity contribution in [3.8, 4) is 0 Å². The van der Waals surface area contributed by atoms with E-state index in [-0.39, 0.29) is 0 Å². The third-order valence-electron chi connectivity index (χ3n) is 2.49. The average molecular weight is 269 g/mol. The van der Waals surface area contributed by atoms with Gasteiger partial charge in [0.15, 0.2) is 5.78 Å². The summed E-state index contributed by atoms with van der Waals surface area (Å²) >= 11 is 0. The highest BCUT2D eigenvalue weighted by atomic mass is 16.4. The zero-order chi connectivity index (χ0) is 14.5. The van der Waals surface area contributed by atoms with E-state index in [1.807, 2.05) is 0 Å². The molecule has 0 radical (unpaired) electrons. The summed E-state index contributed by atoms with van der Waals surface area (Å²) in [6.45, 7) is -1.46. The van der Waals surface area contributed by atoms with Crippen molar-refractivity contribution in [2.75, 3.05) is 13.2 Å². The smallest absolute Gasteiger partial charge is 0.189 e. The molecule has 18 heavy (non-hydrogen) atoms. The summed E-state index contributed by atoms with van der Waals surface area (Å²) in [7, 11) is 0. The minimum absolute atomic E-state index is 0.404. The first-order valence-electron chi connectivity index (χ1n) is 5.19. The van der Waals surface area contributed by atoms with Gasteiger partial charge in [0.2, 0.25) is 0 Å². The van der Waals surface area contributed by atoms with E-state index in [9.17, 15) is 30.3 Å². The standard InChI is InChI=1S/C9H19NO8/c10-1-3(12)5(14)7(16)9(18)8(17)6(15)4(13)2-11/h3,5-9,11-12,14-18H,1-2,10H2/t3-,5-,6+,7-,8-,9+/m1/s1. The molecule has 0 fully saturated rings. The van der Waals surface area contributed by atoms with Gasteiger partial charge in [-0.05, 0) is 0 Å². The maximum atomic E-state index is 10.9. The van der Waals surface area contributed by atoms with Gasteiger partial charge in [-0.3, -0.25) is 4.79 Å². The van der Waals surface area contributed by atoms with Crippen LogP contribution < -0.4 is 5.73 Å². The lowest BCUT2D eigenvalue weighted by Crippen LogP contribution is -2.54. The molecule has 0 aliphatic carbocycles. The minimum atomic E-state index is -2.13. The molecule has 108 valence electrons.